The molecule has 7 nitrogen and oxygen atoms in total. The Morgan fingerprint density at radius 3 is 2.26 bits per heavy atom. The summed E-state index contributed by atoms with van der Waals surface area (Å²) in [6.07, 6.45) is 2.11. The first-order valence-electron chi connectivity index (χ1n) is 8.76. The van der Waals surface area contributed by atoms with E-state index in [9.17, 15) is 9.59 Å². The predicted octanol–water partition coefficient (Wildman–Crippen LogP) is -0.621. The van der Waals surface area contributed by atoms with Crippen LogP contribution < -0.4 is 5.32 Å². The Labute approximate surface area is 138 Å². The minimum Gasteiger partial charge on any atom is -0.379 e. The fraction of sp³-hybridized carbons (Fsp3) is 0.875. The molecule has 2 heterocycles. The van der Waals surface area contributed by atoms with E-state index in [1.54, 1.807) is 0 Å². The van der Waals surface area contributed by atoms with Gasteiger partial charge in [0.05, 0.1) is 26.3 Å². The quantitative estimate of drug-likeness (QED) is 0.632. The van der Waals surface area contributed by atoms with E-state index in [4.69, 9.17) is 4.74 Å². The maximum atomic E-state index is 12.3. The van der Waals surface area contributed by atoms with E-state index in [0.717, 1.165) is 45.6 Å². The van der Waals surface area contributed by atoms with Crippen molar-refractivity contribution in [1.82, 2.24) is 20.0 Å². The number of amides is 2. The normalized spacial score (nSPS) is 20.5. The summed E-state index contributed by atoms with van der Waals surface area (Å²) in [5.74, 6) is 0.283. The van der Waals surface area contributed by atoms with Crippen LogP contribution in [0.4, 0.5) is 0 Å². The molecule has 2 aliphatic heterocycles. The second-order valence-corrected chi connectivity index (χ2v) is 6.25. The van der Waals surface area contributed by atoms with Gasteiger partial charge in [-0.3, -0.25) is 19.4 Å². The molecule has 2 saturated heterocycles. The lowest BCUT2D eigenvalue weighted by Gasteiger charge is -2.36. The highest BCUT2D eigenvalue weighted by atomic mass is 16.5. The summed E-state index contributed by atoms with van der Waals surface area (Å²) in [5, 5.41) is 2.94. The van der Waals surface area contributed by atoms with E-state index in [-0.39, 0.29) is 11.8 Å². The van der Waals surface area contributed by atoms with E-state index in [1.807, 2.05) is 4.90 Å². The molecule has 132 valence electrons. The summed E-state index contributed by atoms with van der Waals surface area (Å²) >= 11 is 0. The molecule has 0 radical (unpaired) electrons. The molecule has 2 aliphatic rings. The summed E-state index contributed by atoms with van der Waals surface area (Å²) < 4.78 is 5.30. The van der Waals surface area contributed by atoms with Crippen LogP contribution in [0.5, 0.6) is 0 Å². The summed E-state index contributed by atoms with van der Waals surface area (Å²) in [4.78, 5) is 30.3. The number of carbonyl (C=O) groups is 2. The van der Waals surface area contributed by atoms with Crippen LogP contribution in [0.3, 0.4) is 0 Å². The van der Waals surface area contributed by atoms with Crippen LogP contribution >= 0.6 is 0 Å². The smallest absolute Gasteiger partial charge is 0.236 e. The van der Waals surface area contributed by atoms with Gasteiger partial charge in [-0.2, -0.15) is 0 Å². The van der Waals surface area contributed by atoms with Crippen LogP contribution in [0, 0.1) is 0 Å². The van der Waals surface area contributed by atoms with E-state index in [1.165, 1.54) is 0 Å². The van der Waals surface area contributed by atoms with Crippen molar-refractivity contribution in [1.29, 1.82) is 0 Å². The second kappa shape index (κ2) is 9.85. The number of morpholine rings is 1. The Morgan fingerprint density at radius 1 is 0.957 bits per heavy atom. The van der Waals surface area contributed by atoms with Crippen LogP contribution in [0.1, 0.15) is 19.8 Å². The van der Waals surface area contributed by atoms with Crippen LogP contribution in [-0.4, -0.2) is 98.6 Å². The van der Waals surface area contributed by atoms with Crippen molar-refractivity contribution < 1.29 is 14.3 Å². The Morgan fingerprint density at radius 2 is 1.61 bits per heavy atom. The molecule has 2 amide bonds. The van der Waals surface area contributed by atoms with Crippen molar-refractivity contribution in [2.75, 3.05) is 72.1 Å². The van der Waals surface area contributed by atoms with Gasteiger partial charge in [-0.1, -0.05) is 13.3 Å². The van der Waals surface area contributed by atoms with Gasteiger partial charge in [0.2, 0.25) is 11.8 Å². The first-order valence-corrected chi connectivity index (χ1v) is 8.76. The van der Waals surface area contributed by atoms with Crippen molar-refractivity contribution in [3.05, 3.63) is 0 Å². The summed E-state index contributed by atoms with van der Waals surface area (Å²) in [6.45, 7) is 9.88. The Kier molecular flexibility index (Phi) is 7.78. The molecule has 1 N–H and O–H groups in total. The lowest BCUT2D eigenvalue weighted by molar-refractivity contribution is -0.135. The summed E-state index contributed by atoms with van der Waals surface area (Å²) in [5.41, 5.74) is 0. The van der Waals surface area contributed by atoms with Gasteiger partial charge in [0.1, 0.15) is 0 Å². The van der Waals surface area contributed by atoms with E-state index in [0.29, 0.717) is 39.4 Å². The average Bonchev–Trinajstić information content (AvgIpc) is 2.56. The number of hydrogen-bond acceptors (Lipinski definition) is 5. The van der Waals surface area contributed by atoms with Gasteiger partial charge < -0.3 is 15.0 Å². The van der Waals surface area contributed by atoms with Crippen molar-refractivity contribution >= 4 is 11.8 Å². The van der Waals surface area contributed by atoms with Gasteiger partial charge >= 0.3 is 0 Å². The zero-order valence-corrected chi connectivity index (χ0v) is 14.3. The number of carbonyl (C=O) groups excluding carboxylic acids is 2. The molecule has 0 unspecified atom stereocenters. The SMILES string of the molecule is CCCCNC(=O)CN1CCN(C(=O)CN2CCOCC2)CC1. The van der Waals surface area contributed by atoms with Crippen LogP contribution in [0.15, 0.2) is 0 Å². The maximum absolute atomic E-state index is 12.3. The molecule has 2 fully saturated rings. The molecular formula is C16H30N4O3. The van der Waals surface area contributed by atoms with Crippen LogP contribution in [-0.2, 0) is 14.3 Å². The number of piperazine rings is 1. The lowest BCUT2D eigenvalue weighted by Crippen LogP contribution is -2.53. The standard InChI is InChI=1S/C16H30N4O3/c1-2-3-4-17-15(21)13-18-5-7-20(8-6-18)16(22)14-19-9-11-23-12-10-19/h2-14H2,1H3,(H,17,21). The molecule has 0 aromatic rings. The van der Waals surface area contributed by atoms with E-state index < -0.39 is 0 Å². The number of ether oxygens (including phenoxy) is 1. The molecule has 0 spiro atoms. The second-order valence-electron chi connectivity index (χ2n) is 6.25. The molecule has 0 saturated carbocycles. The minimum absolute atomic E-state index is 0.0894. The third-order valence-corrected chi connectivity index (χ3v) is 4.41. The highest BCUT2D eigenvalue weighted by Crippen LogP contribution is 2.04. The zero-order valence-electron chi connectivity index (χ0n) is 14.3. The van der Waals surface area contributed by atoms with E-state index in [2.05, 4.69) is 22.0 Å². The zero-order chi connectivity index (χ0) is 16.5. The molecule has 2 rings (SSSR count). The molecule has 23 heavy (non-hydrogen) atoms. The molecule has 0 aromatic heterocycles. The van der Waals surface area contributed by atoms with Crippen molar-refractivity contribution in [2.24, 2.45) is 0 Å². The van der Waals surface area contributed by atoms with Crippen LogP contribution in [0.25, 0.3) is 0 Å². The topological polar surface area (TPSA) is 65.1 Å². The highest BCUT2D eigenvalue weighted by Gasteiger charge is 2.24. The number of nitrogens with one attached hydrogen (secondary N) is 1. The first-order chi connectivity index (χ1) is 11.2. The number of nitrogens with zero attached hydrogens (tertiary/aromatic N) is 3. The highest BCUT2D eigenvalue weighted by molar-refractivity contribution is 5.79. The number of hydrogen-bond donors (Lipinski definition) is 1. The molecule has 0 aliphatic carbocycles. The Balaban J connectivity index is 1.62. The third-order valence-electron chi connectivity index (χ3n) is 4.41. The van der Waals surface area contributed by atoms with Crippen LogP contribution in [0.2, 0.25) is 0 Å². The van der Waals surface area contributed by atoms with Gasteiger partial charge in [0.25, 0.3) is 0 Å². The van der Waals surface area contributed by atoms with Gasteiger partial charge in [0, 0.05) is 45.8 Å². The summed E-state index contributed by atoms with van der Waals surface area (Å²) in [7, 11) is 0. The maximum Gasteiger partial charge on any atom is 0.236 e. The lowest BCUT2D eigenvalue weighted by atomic mass is 10.3. The molecule has 0 bridgehead atoms. The predicted molar refractivity (Wildman–Crippen MR) is 88.2 cm³/mol. The van der Waals surface area contributed by atoms with Gasteiger partial charge in [-0.05, 0) is 6.42 Å². The molecule has 0 atom stereocenters. The molecule has 7 heteroatoms. The molecular weight excluding hydrogens is 296 g/mol. The fourth-order valence-corrected chi connectivity index (χ4v) is 2.87. The number of rotatable bonds is 7. The summed E-state index contributed by atoms with van der Waals surface area (Å²) in [6, 6.07) is 0. The Bertz CT molecular complexity index is 378. The van der Waals surface area contributed by atoms with Crippen molar-refractivity contribution in [3.63, 3.8) is 0 Å². The number of unbranched alkanes of at least 4 members (excludes halogenated alkanes) is 1. The largest absolute Gasteiger partial charge is 0.379 e. The molecule has 0 aromatic carbocycles. The Hall–Kier alpha value is -1.18. The first kappa shape index (κ1) is 18.2. The monoisotopic (exact) mass is 326 g/mol. The minimum atomic E-state index is 0.0894. The van der Waals surface area contributed by atoms with Gasteiger partial charge in [-0.25, -0.2) is 0 Å². The van der Waals surface area contributed by atoms with Crippen molar-refractivity contribution in [2.45, 2.75) is 19.8 Å². The van der Waals surface area contributed by atoms with Crippen molar-refractivity contribution in [3.8, 4) is 0 Å². The van der Waals surface area contributed by atoms with E-state index >= 15 is 0 Å². The average molecular weight is 326 g/mol. The van der Waals surface area contributed by atoms with Gasteiger partial charge in [-0.15, -0.1) is 0 Å². The fourth-order valence-electron chi connectivity index (χ4n) is 2.87. The van der Waals surface area contributed by atoms with Gasteiger partial charge in [0.15, 0.2) is 0 Å². The third kappa shape index (κ3) is 6.45.